The monoisotopic (exact) mass is 337 g/mol. The van der Waals surface area contributed by atoms with Gasteiger partial charge in [0.05, 0.1) is 6.54 Å². The smallest absolute Gasteiger partial charge is 0.236 e. The third kappa shape index (κ3) is 4.91. The topological polar surface area (TPSA) is 59.1 Å². The second kappa shape index (κ2) is 8.78. The van der Waals surface area contributed by atoms with Crippen LogP contribution in [0.25, 0.3) is 0 Å². The van der Waals surface area contributed by atoms with Crippen molar-refractivity contribution in [3.63, 3.8) is 0 Å². The quantitative estimate of drug-likeness (QED) is 0.646. The van der Waals surface area contributed by atoms with E-state index in [2.05, 4.69) is 15.1 Å². The normalized spacial score (nSPS) is 25.0. The van der Waals surface area contributed by atoms with Crippen molar-refractivity contribution in [2.45, 2.75) is 12.8 Å². The van der Waals surface area contributed by atoms with Gasteiger partial charge in [0.1, 0.15) is 0 Å². The van der Waals surface area contributed by atoms with Crippen LogP contribution in [0.2, 0.25) is 0 Å². The molecular formula is C17H31N5O2. The third-order valence-electron chi connectivity index (χ3n) is 5.61. The maximum Gasteiger partial charge on any atom is 0.236 e. The molecule has 3 heterocycles. The number of hydrogen-bond acceptors (Lipinski definition) is 5. The van der Waals surface area contributed by atoms with Gasteiger partial charge in [-0.25, -0.2) is 0 Å². The molecule has 0 spiro atoms. The Labute approximate surface area is 144 Å². The van der Waals surface area contributed by atoms with Gasteiger partial charge in [-0.3, -0.25) is 14.5 Å². The van der Waals surface area contributed by atoms with Gasteiger partial charge < -0.3 is 20.0 Å². The summed E-state index contributed by atoms with van der Waals surface area (Å²) in [7, 11) is 0. The maximum atomic E-state index is 12.4. The zero-order chi connectivity index (χ0) is 16.8. The lowest BCUT2D eigenvalue weighted by atomic mass is 9.96. The van der Waals surface area contributed by atoms with Crippen molar-refractivity contribution < 1.29 is 9.59 Å². The summed E-state index contributed by atoms with van der Waals surface area (Å²) in [5, 5.41) is 3.40. The number of hydrogen-bond donors (Lipinski definition) is 1. The number of likely N-dealkylation sites (tertiary alicyclic amines) is 1. The van der Waals surface area contributed by atoms with Gasteiger partial charge in [0.25, 0.3) is 0 Å². The molecule has 3 saturated heterocycles. The highest BCUT2D eigenvalue weighted by molar-refractivity contribution is 5.78. The molecule has 0 aliphatic carbocycles. The number of carbonyl (C=O) groups is 2. The highest BCUT2D eigenvalue weighted by atomic mass is 16.2. The summed E-state index contributed by atoms with van der Waals surface area (Å²) < 4.78 is 0. The summed E-state index contributed by atoms with van der Waals surface area (Å²) in [4.78, 5) is 31.7. The maximum absolute atomic E-state index is 12.4. The number of carbonyl (C=O) groups excluding carboxylic acids is 2. The molecule has 24 heavy (non-hydrogen) atoms. The zero-order valence-electron chi connectivity index (χ0n) is 14.7. The number of piperidine rings is 1. The van der Waals surface area contributed by atoms with Crippen molar-refractivity contribution in [1.29, 1.82) is 0 Å². The van der Waals surface area contributed by atoms with Crippen molar-refractivity contribution in [1.82, 2.24) is 24.9 Å². The van der Waals surface area contributed by atoms with E-state index in [9.17, 15) is 9.59 Å². The number of amides is 2. The summed E-state index contributed by atoms with van der Waals surface area (Å²) in [6.45, 7) is 11.1. The summed E-state index contributed by atoms with van der Waals surface area (Å²) in [6.07, 6.45) is 3.29. The van der Waals surface area contributed by atoms with Gasteiger partial charge in [-0.1, -0.05) is 0 Å². The van der Waals surface area contributed by atoms with Gasteiger partial charge in [-0.2, -0.15) is 0 Å². The first-order chi connectivity index (χ1) is 11.7. The van der Waals surface area contributed by atoms with E-state index in [1.165, 1.54) is 32.5 Å². The summed E-state index contributed by atoms with van der Waals surface area (Å²) >= 11 is 0. The van der Waals surface area contributed by atoms with Crippen LogP contribution < -0.4 is 5.32 Å². The lowest BCUT2D eigenvalue weighted by Crippen LogP contribution is -2.52. The first-order valence-electron chi connectivity index (χ1n) is 9.37. The minimum absolute atomic E-state index is 0.223. The number of nitrogens with one attached hydrogen (secondary N) is 1. The largest absolute Gasteiger partial charge is 0.342 e. The second-order valence-corrected chi connectivity index (χ2v) is 7.29. The Balaban J connectivity index is 1.34. The average molecular weight is 337 g/mol. The van der Waals surface area contributed by atoms with Crippen molar-refractivity contribution in [3.05, 3.63) is 0 Å². The molecule has 0 saturated carbocycles. The SMILES string of the molecule is O=CN1CCN(C(=O)CN2CCC(CN3CCNCC3)CC2)CC1. The number of rotatable bonds is 5. The van der Waals surface area contributed by atoms with Crippen molar-refractivity contribution in [2.24, 2.45) is 5.92 Å². The predicted octanol–water partition coefficient (Wildman–Crippen LogP) is -1.10. The molecule has 1 N–H and O–H groups in total. The Morgan fingerprint density at radius 1 is 0.917 bits per heavy atom. The van der Waals surface area contributed by atoms with Gasteiger partial charge in [0.15, 0.2) is 0 Å². The van der Waals surface area contributed by atoms with Gasteiger partial charge in [0.2, 0.25) is 12.3 Å². The first kappa shape index (κ1) is 17.6. The molecule has 0 aromatic rings. The van der Waals surface area contributed by atoms with E-state index in [-0.39, 0.29) is 5.91 Å². The minimum atomic E-state index is 0.223. The molecule has 0 bridgehead atoms. The fourth-order valence-corrected chi connectivity index (χ4v) is 3.95. The standard InChI is InChI=1S/C17H31N5O2/c23-15-21-9-11-22(12-10-21)17(24)14-19-5-1-16(2-6-19)13-20-7-3-18-4-8-20/h15-16,18H,1-14H2. The van der Waals surface area contributed by atoms with Crippen molar-refractivity contribution in [2.75, 3.05) is 78.5 Å². The van der Waals surface area contributed by atoms with Gasteiger partial charge >= 0.3 is 0 Å². The molecule has 2 amide bonds. The van der Waals surface area contributed by atoms with Gasteiger partial charge in [0, 0.05) is 58.9 Å². The predicted molar refractivity (Wildman–Crippen MR) is 92.7 cm³/mol. The van der Waals surface area contributed by atoms with Crippen LogP contribution in [0.4, 0.5) is 0 Å². The molecule has 7 heteroatoms. The molecule has 0 aromatic heterocycles. The summed E-state index contributed by atoms with van der Waals surface area (Å²) in [5.41, 5.74) is 0. The molecule has 136 valence electrons. The van der Waals surface area contributed by atoms with Gasteiger partial charge in [-0.15, -0.1) is 0 Å². The summed E-state index contributed by atoms with van der Waals surface area (Å²) in [5.74, 6) is 1.01. The van der Waals surface area contributed by atoms with Crippen LogP contribution in [0.1, 0.15) is 12.8 Å². The molecule has 7 nitrogen and oxygen atoms in total. The van der Waals surface area contributed by atoms with Crippen LogP contribution in [0.5, 0.6) is 0 Å². The molecule has 0 aromatic carbocycles. The van der Waals surface area contributed by atoms with E-state index in [1.54, 1.807) is 4.90 Å². The minimum Gasteiger partial charge on any atom is -0.342 e. The molecule has 3 aliphatic rings. The second-order valence-electron chi connectivity index (χ2n) is 7.29. The van der Waals surface area contributed by atoms with E-state index >= 15 is 0 Å². The lowest BCUT2D eigenvalue weighted by molar-refractivity contribution is -0.136. The lowest BCUT2D eigenvalue weighted by Gasteiger charge is -2.37. The van der Waals surface area contributed by atoms with E-state index in [0.717, 1.165) is 38.5 Å². The van der Waals surface area contributed by atoms with Crippen LogP contribution in [0, 0.1) is 5.92 Å². The molecular weight excluding hydrogens is 306 g/mol. The fourth-order valence-electron chi connectivity index (χ4n) is 3.95. The first-order valence-corrected chi connectivity index (χ1v) is 9.37. The molecule has 3 fully saturated rings. The van der Waals surface area contributed by atoms with E-state index in [1.807, 2.05) is 4.90 Å². The Kier molecular flexibility index (Phi) is 6.45. The molecule has 0 radical (unpaired) electrons. The number of nitrogens with zero attached hydrogens (tertiary/aromatic N) is 4. The van der Waals surface area contributed by atoms with Crippen LogP contribution in [-0.2, 0) is 9.59 Å². The molecule has 0 atom stereocenters. The molecule has 3 aliphatic heterocycles. The van der Waals surface area contributed by atoms with Crippen molar-refractivity contribution >= 4 is 12.3 Å². The highest BCUT2D eigenvalue weighted by Gasteiger charge is 2.26. The third-order valence-corrected chi connectivity index (χ3v) is 5.61. The number of piperazine rings is 2. The van der Waals surface area contributed by atoms with Crippen LogP contribution in [-0.4, -0.2) is 110 Å². The van der Waals surface area contributed by atoms with Gasteiger partial charge in [-0.05, 0) is 31.8 Å². The Morgan fingerprint density at radius 2 is 1.58 bits per heavy atom. The Morgan fingerprint density at radius 3 is 2.21 bits per heavy atom. The van der Waals surface area contributed by atoms with Crippen LogP contribution >= 0.6 is 0 Å². The Hall–Kier alpha value is -1.18. The zero-order valence-corrected chi connectivity index (χ0v) is 14.7. The molecule has 0 unspecified atom stereocenters. The highest BCUT2D eigenvalue weighted by Crippen LogP contribution is 2.19. The average Bonchev–Trinajstić information content (AvgIpc) is 2.64. The Bertz CT molecular complexity index is 411. The fraction of sp³-hybridized carbons (Fsp3) is 0.882. The summed E-state index contributed by atoms with van der Waals surface area (Å²) in [6, 6.07) is 0. The van der Waals surface area contributed by atoms with E-state index < -0.39 is 0 Å². The van der Waals surface area contributed by atoms with Crippen molar-refractivity contribution in [3.8, 4) is 0 Å². The molecule has 3 rings (SSSR count). The van der Waals surface area contributed by atoms with E-state index in [0.29, 0.717) is 32.7 Å². The van der Waals surface area contributed by atoms with Crippen LogP contribution in [0.15, 0.2) is 0 Å². The van der Waals surface area contributed by atoms with Crippen LogP contribution in [0.3, 0.4) is 0 Å². The van der Waals surface area contributed by atoms with E-state index in [4.69, 9.17) is 0 Å².